The third kappa shape index (κ3) is 1.25. The number of fused-ring (bicyclic) bond motifs is 1. The molecule has 70 valence electrons. The lowest BCUT2D eigenvalue weighted by molar-refractivity contribution is 0.656. The summed E-state index contributed by atoms with van der Waals surface area (Å²) >= 11 is 5.10. The minimum atomic E-state index is -0.0619. The zero-order valence-electron chi connectivity index (χ0n) is 7.59. The summed E-state index contributed by atoms with van der Waals surface area (Å²) in [6, 6.07) is 0. The zero-order valence-corrected chi connectivity index (χ0v) is 8.41. The summed E-state index contributed by atoms with van der Waals surface area (Å²) in [6.07, 6.45) is 3.14. The summed E-state index contributed by atoms with van der Waals surface area (Å²) in [7, 11) is 0. The van der Waals surface area contributed by atoms with Gasteiger partial charge in [-0.05, 0) is 26.2 Å². The van der Waals surface area contributed by atoms with E-state index in [1.165, 1.54) is 5.56 Å². The van der Waals surface area contributed by atoms with Gasteiger partial charge in [0.15, 0.2) is 0 Å². The van der Waals surface area contributed by atoms with E-state index < -0.39 is 0 Å². The van der Waals surface area contributed by atoms with Gasteiger partial charge < -0.3 is 0 Å². The topological polar surface area (TPSA) is 37.8 Å². The van der Waals surface area contributed by atoms with Gasteiger partial charge in [0, 0.05) is 17.8 Å². The van der Waals surface area contributed by atoms with Crippen LogP contribution in [0.3, 0.4) is 0 Å². The fourth-order valence-electron chi connectivity index (χ4n) is 1.97. The minimum Gasteiger partial charge on any atom is -0.298 e. The van der Waals surface area contributed by atoms with Crippen molar-refractivity contribution in [1.29, 1.82) is 0 Å². The van der Waals surface area contributed by atoms with Gasteiger partial charge in [0.05, 0.1) is 0 Å². The fraction of sp³-hybridized carbons (Fsp3) is 0.556. The molecule has 0 bridgehead atoms. The summed E-state index contributed by atoms with van der Waals surface area (Å²) < 4.78 is 2.43. The number of hydrogen-bond donors (Lipinski definition) is 1. The average molecular weight is 196 g/mol. The lowest BCUT2D eigenvalue weighted by Crippen LogP contribution is -2.25. The van der Waals surface area contributed by atoms with E-state index in [0.29, 0.717) is 4.64 Å². The first-order chi connectivity index (χ1) is 6.24. The number of nitrogens with zero attached hydrogens (tertiary/aromatic N) is 1. The van der Waals surface area contributed by atoms with Crippen LogP contribution in [-0.2, 0) is 19.4 Å². The number of aromatic amines is 1. The van der Waals surface area contributed by atoms with Gasteiger partial charge >= 0.3 is 5.69 Å². The van der Waals surface area contributed by atoms with Crippen LogP contribution in [0.1, 0.15) is 24.6 Å². The third-order valence-corrected chi connectivity index (χ3v) is 2.92. The standard InChI is InChI=1S/C9H12N2OS/c1-2-11-7-5-3-4-6(7)8(13)10-9(11)12/h2-5H2,1H3,(H,10,12,13). The van der Waals surface area contributed by atoms with Crippen LogP contribution >= 0.6 is 12.2 Å². The predicted octanol–water partition coefficient (Wildman–Crippen LogP) is 1.41. The third-order valence-electron chi connectivity index (χ3n) is 2.57. The van der Waals surface area contributed by atoms with Gasteiger partial charge in [0.2, 0.25) is 0 Å². The first kappa shape index (κ1) is 8.69. The van der Waals surface area contributed by atoms with E-state index in [-0.39, 0.29) is 5.69 Å². The molecule has 0 saturated carbocycles. The molecule has 0 aromatic carbocycles. The molecule has 1 aromatic heterocycles. The highest BCUT2D eigenvalue weighted by Gasteiger charge is 2.16. The van der Waals surface area contributed by atoms with Crippen molar-refractivity contribution in [3.05, 3.63) is 26.4 Å². The minimum absolute atomic E-state index is 0.0619. The normalized spacial score (nSPS) is 14.5. The lowest BCUT2D eigenvalue weighted by atomic mass is 10.2. The Morgan fingerprint density at radius 2 is 2.31 bits per heavy atom. The van der Waals surface area contributed by atoms with Crippen molar-refractivity contribution >= 4 is 12.2 Å². The highest BCUT2D eigenvalue weighted by Crippen LogP contribution is 2.20. The Labute approximate surface area is 81.4 Å². The molecule has 3 nitrogen and oxygen atoms in total. The van der Waals surface area contributed by atoms with Crippen molar-refractivity contribution in [3.63, 3.8) is 0 Å². The Morgan fingerprint density at radius 1 is 1.54 bits per heavy atom. The second-order valence-corrected chi connectivity index (χ2v) is 3.69. The van der Waals surface area contributed by atoms with Gasteiger partial charge in [-0.15, -0.1) is 0 Å². The largest absolute Gasteiger partial charge is 0.326 e. The van der Waals surface area contributed by atoms with Crippen LogP contribution in [0.2, 0.25) is 0 Å². The molecule has 1 aliphatic rings. The van der Waals surface area contributed by atoms with Crippen LogP contribution in [0.15, 0.2) is 4.79 Å². The maximum Gasteiger partial charge on any atom is 0.326 e. The second-order valence-electron chi connectivity index (χ2n) is 3.28. The molecule has 1 heterocycles. The average Bonchev–Trinajstić information content (AvgIpc) is 2.53. The van der Waals surface area contributed by atoms with Crippen LogP contribution in [0.25, 0.3) is 0 Å². The summed E-state index contributed by atoms with van der Waals surface area (Å²) in [4.78, 5) is 14.2. The molecule has 1 aromatic rings. The van der Waals surface area contributed by atoms with Gasteiger partial charge in [0.1, 0.15) is 4.64 Å². The van der Waals surface area contributed by atoms with E-state index in [1.807, 2.05) is 6.92 Å². The van der Waals surface area contributed by atoms with Crippen LogP contribution in [0.5, 0.6) is 0 Å². The molecule has 4 heteroatoms. The van der Waals surface area contributed by atoms with Gasteiger partial charge in [0.25, 0.3) is 0 Å². The van der Waals surface area contributed by atoms with E-state index >= 15 is 0 Å². The molecule has 0 saturated heterocycles. The Bertz CT molecular complexity index is 444. The van der Waals surface area contributed by atoms with Crippen LogP contribution in [0.4, 0.5) is 0 Å². The van der Waals surface area contributed by atoms with Crippen molar-refractivity contribution in [3.8, 4) is 0 Å². The summed E-state index contributed by atoms with van der Waals surface area (Å²) in [6.45, 7) is 2.71. The molecule has 2 rings (SSSR count). The van der Waals surface area contributed by atoms with Crippen molar-refractivity contribution in [2.24, 2.45) is 0 Å². The van der Waals surface area contributed by atoms with Crippen molar-refractivity contribution in [2.45, 2.75) is 32.7 Å². The summed E-state index contributed by atoms with van der Waals surface area (Å²) in [5, 5.41) is 0. The highest BCUT2D eigenvalue weighted by molar-refractivity contribution is 7.71. The Balaban J connectivity index is 2.80. The van der Waals surface area contributed by atoms with Gasteiger partial charge in [-0.1, -0.05) is 12.2 Å². The predicted molar refractivity (Wildman–Crippen MR) is 53.6 cm³/mol. The molecule has 0 radical (unpaired) electrons. The molecule has 0 amide bonds. The SMILES string of the molecule is CCn1c2c(c(=S)[nH]c1=O)CCC2. The lowest BCUT2D eigenvalue weighted by Gasteiger charge is -2.08. The number of hydrogen-bond acceptors (Lipinski definition) is 2. The van der Waals surface area contributed by atoms with Crippen LogP contribution in [0, 0.1) is 4.64 Å². The Morgan fingerprint density at radius 3 is 3.00 bits per heavy atom. The van der Waals surface area contributed by atoms with Gasteiger partial charge in [-0.2, -0.15) is 0 Å². The Hall–Kier alpha value is -0.900. The maximum atomic E-state index is 11.5. The quantitative estimate of drug-likeness (QED) is 0.690. The highest BCUT2D eigenvalue weighted by atomic mass is 32.1. The van der Waals surface area contributed by atoms with Gasteiger partial charge in [-0.25, -0.2) is 4.79 Å². The van der Waals surface area contributed by atoms with E-state index in [4.69, 9.17) is 12.2 Å². The van der Waals surface area contributed by atoms with E-state index in [1.54, 1.807) is 4.57 Å². The molecule has 0 fully saturated rings. The molecule has 0 unspecified atom stereocenters. The number of H-pyrrole nitrogens is 1. The fourth-order valence-corrected chi connectivity index (χ4v) is 2.27. The molecule has 0 atom stereocenters. The number of rotatable bonds is 1. The monoisotopic (exact) mass is 196 g/mol. The molecular weight excluding hydrogens is 184 g/mol. The Kier molecular flexibility index (Phi) is 2.07. The summed E-state index contributed by atoms with van der Waals surface area (Å²) in [5.41, 5.74) is 2.26. The first-order valence-corrected chi connectivity index (χ1v) is 4.99. The van der Waals surface area contributed by atoms with Gasteiger partial charge in [-0.3, -0.25) is 9.55 Å². The number of aromatic nitrogens is 2. The van der Waals surface area contributed by atoms with Crippen molar-refractivity contribution in [2.75, 3.05) is 0 Å². The summed E-state index contributed by atoms with van der Waals surface area (Å²) in [5.74, 6) is 0. The van der Waals surface area contributed by atoms with Crippen LogP contribution in [-0.4, -0.2) is 9.55 Å². The van der Waals surface area contributed by atoms with Crippen LogP contribution < -0.4 is 5.69 Å². The first-order valence-electron chi connectivity index (χ1n) is 4.59. The maximum absolute atomic E-state index is 11.5. The van der Waals surface area contributed by atoms with E-state index in [0.717, 1.165) is 31.5 Å². The molecule has 1 aliphatic carbocycles. The molecular formula is C9H12N2OS. The molecule has 1 N–H and O–H groups in total. The van der Waals surface area contributed by atoms with Crippen molar-refractivity contribution in [1.82, 2.24) is 9.55 Å². The van der Waals surface area contributed by atoms with E-state index in [2.05, 4.69) is 4.98 Å². The molecule has 13 heavy (non-hydrogen) atoms. The molecule has 0 spiro atoms. The number of nitrogens with one attached hydrogen (secondary N) is 1. The smallest absolute Gasteiger partial charge is 0.298 e. The van der Waals surface area contributed by atoms with E-state index in [9.17, 15) is 4.79 Å². The second kappa shape index (κ2) is 3.10. The van der Waals surface area contributed by atoms with Crippen molar-refractivity contribution < 1.29 is 0 Å². The zero-order chi connectivity index (χ0) is 9.42. The molecule has 0 aliphatic heterocycles.